The van der Waals surface area contributed by atoms with Crippen molar-refractivity contribution in [2.24, 2.45) is 0 Å². The molecule has 110 valence electrons. The Bertz CT molecular complexity index is 429. The monoisotopic (exact) mass is 278 g/mol. The smallest absolute Gasteiger partial charge is 0.251 e. The molecule has 0 aliphatic carbocycles. The number of hydrogen-bond acceptors (Lipinski definition) is 3. The van der Waals surface area contributed by atoms with Crippen molar-refractivity contribution in [2.45, 2.75) is 26.2 Å². The molecule has 0 atom stereocenters. The van der Waals surface area contributed by atoms with Crippen molar-refractivity contribution in [2.75, 3.05) is 25.6 Å². The fourth-order valence-corrected chi connectivity index (χ4v) is 1.67. The molecular weight excluding hydrogens is 256 g/mol. The zero-order valence-electron chi connectivity index (χ0n) is 12.1. The molecule has 0 aromatic heterocycles. The first kappa shape index (κ1) is 16.2. The van der Waals surface area contributed by atoms with Gasteiger partial charge in [0.25, 0.3) is 5.91 Å². The largest absolute Gasteiger partial charge is 0.372 e. The molecular formula is C15H22N2O3. The van der Waals surface area contributed by atoms with Crippen molar-refractivity contribution < 1.29 is 14.3 Å². The lowest BCUT2D eigenvalue weighted by atomic mass is 10.2. The highest BCUT2D eigenvalue weighted by Crippen LogP contribution is 2.09. The van der Waals surface area contributed by atoms with Crippen molar-refractivity contribution in [3.8, 4) is 0 Å². The fourth-order valence-electron chi connectivity index (χ4n) is 1.67. The zero-order valence-corrected chi connectivity index (χ0v) is 12.1. The number of unbranched alkanes of at least 4 members (excludes halogenated alkanes) is 2. The van der Waals surface area contributed by atoms with E-state index in [0.29, 0.717) is 17.9 Å². The van der Waals surface area contributed by atoms with E-state index in [4.69, 9.17) is 4.74 Å². The van der Waals surface area contributed by atoms with Crippen molar-refractivity contribution >= 4 is 17.5 Å². The molecule has 1 rings (SSSR count). The lowest BCUT2D eigenvalue weighted by molar-refractivity contribution is -0.120. The Labute approximate surface area is 119 Å². The SMILES string of the molecule is CCCCCOCC(=O)Nc1ccc(C(=O)NC)cc1. The average Bonchev–Trinajstić information content (AvgIpc) is 2.47. The maximum atomic E-state index is 11.6. The average molecular weight is 278 g/mol. The van der Waals surface area contributed by atoms with Crippen LogP contribution < -0.4 is 10.6 Å². The van der Waals surface area contributed by atoms with Gasteiger partial charge in [0.05, 0.1) is 0 Å². The number of amides is 2. The predicted molar refractivity (Wildman–Crippen MR) is 78.8 cm³/mol. The summed E-state index contributed by atoms with van der Waals surface area (Å²) in [6.45, 7) is 2.78. The van der Waals surface area contributed by atoms with Crippen LogP contribution in [-0.4, -0.2) is 32.1 Å². The minimum atomic E-state index is -0.186. The normalized spacial score (nSPS) is 10.1. The Morgan fingerprint density at radius 3 is 2.45 bits per heavy atom. The highest BCUT2D eigenvalue weighted by Gasteiger charge is 2.05. The van der Waals surface area contributed by atoms with Crippen LogP contribution in [0.2, 0.25) is 0 Å². The molecule has 0 saturated heterocycles. The Kier molecular flexibility index (Phi) is 7.35. The zero-order chi connectivity index (χ0) is 14.8. The fraction of sp³-hybridized carbons (Fsp3) is 0.467. The molecule has 2 N–H and O–H groups in total. The van der Waals surface area contributed by atoms with Gasteiger partial charge in [-0.05, 0) is 30.7 Å². The Morgan fingerprint density at radius 2 is 1.85 bits per heavy atom. The first-order valence-corrected chi connectivity index (χ1v) is 6.87. The van der Waals surface area contributed by atoms with E-state index in [0.717, 1.165) is 19.3 Å². The summed E-state index contributed by atoms with van der Waals surface area (Å²) in [5.41, 5.74) is 1.21. The predicted octanol–water partition coefficient (Wildman–Crippen LogP) is 2.19. The molecule has 5 nitrogen and oxygen atoms in total. The molecule has 20 heavy (non-hydrogen) atoms. The summed E-state index contributed by atoms with van der Waals surface area (Å²) >= 11 is 0. The summed E-state index contributed by atoms with van der Waals surface area (Å²) in [5.74, 6) is -0.337. The van der Waals surface area contributed by atoms with Crippen LogP contribution in [0, 0.1) is 0 Å². The van der Waals surface area contributed by atoms with Crippen LogP contribution in [-0.2, 0) is 9.53 Å². The molecule has 0 saturated carbocycles. The Morgan fingerprint density at radius 1 is 1.15 bits per heavy atom. The van der Waals surface area contributed by atoms with Crippen LogP contribution in [0.15, 0.2) is 24.3 Å². The van der Waals surface area contributed by atoms with Crippen LogP contribution in [0.25, 0.3) is 0 Å². The summed E-state index contributed by atoms with van der Waals surface area (Å²) in [4.78, 5) is 23.0. The molecule has 0 aliphatic heterocycles. The summed E-state index contributed by atoms with van der Waals surface area (Å²) in [6, 6.07) is 6.71. The standard InChI is InChI=1S/C15H22N2O3/c1-3-4-5-10-20-11-14(18)17-13-8-6-12(7-9-13)15(19)16-2/h6-9H,3-5,10-11H2,1-2H3,(H,16,19)(H,17,18). The lowest BCUT2D eigenvalue weighted by Gasteiger charge is -2.07. The molecule has 0 spiro atoms. The van der Waals surface area contributed by atoms with E-state index in [-0.39, 0.29) is 18.4 Å². The van der Waals surface area contributed by atoms with Gasteiger partial charge in [0, 0.05) is 24.9 Å². The number of carbonyl (C=O) groups excluding carboxylic acids is 2. The third-order valence-corrected chi connectivity index (χ3v) is 2.78. The Balaban J connectivity index is 2.33. The van der Waals surface area contributed by atoms with Gasteiger partial charge in [0.15, 0.2) is 0 Å². The highest BCUT2D eigenvalue weighted by molar-refractivity contribution is 5.95. The number of rotatable bonds is 8. The van der Waals surface area contributed by atoms with Crippen molar-refractivity contribution in [1.82, 2.24) is 5.32 Å². The maximum Gasteiger partial charge on any atom is 0.251 e. The van der Waals surface area contributed by atoms with Crippen LogP contribution >= 0.6 is 0 Å². The minimum Gasteiger partial charge on any atom is -0.372 e. The molecule has 2 amide bonds. The summed E-state index contributed by atoms with van der Waals surface area (Å²) in [7, 11) is 1.58. The molecule has 5 heteroatoms. The minimum absolute atomic E-state index is 0.0565. The number of hydrogen-bond donors (Lipinski definition) is 2. The first-order chi connectivity index (χ1) is 9.67. The van der Waals surface area contributed by atoms with Gasteiger partial charge in [-0.1, -0.05) is 19.8 Å². The van der Waals surface area contributed by atoms with Gasteiger partial charge in [0.1, 0.15) is 6.61 Å². The summed E-state index contributed by atoms with van der Waals surface area (Å²) in [6.07, 6.45) is 3.22. The molecule has 0 aliphatic rings. The number of anilines is 1. The molecule has 0 unspecified atom stereocenters. The van der Waals surface area contributed by atoms with Gasteiger partial charge in [-0.15, -0.1) is 0 Å². The van der Waals surface area contributed by atoms with Crippen molar-refractivity contribution in [3.05, 3.63) is 29.8 Å². The number of ether oxygens (including phenoxy) is 1. The van der Waals surface area contributed by atoms with Crippen LogP contribution in [0.5, 0.6) is 0 Å². The second-order valence-corrected chi connectivity index (χ2v) is 4.46. The first-order valence-electron chi connectivity index (χ1n) is 6.87. The second-order valence-electron chi connectivity index (χ2n) is 4.46. The van der Waals surface area contributed by atoms with Crippen LogP contribution in [0.3, 0.4) is 0 Å². The molecule has 1 aromatic rings. The molecule has 0 bridgehead atoms. The van der Waals surface area contributed by atoms with Crippen LogP contribution in [0.4, 0.5) is 5.69 Å². The van der Waals surface area contributed by atoms with Gasteiger partial charge >= 0.3 is 0 Å². The highest BCUT2D eigenvalue weighted by atomic mass is 16.5. The van der Waals surface area contributed by atoms with E-state index in [2.05, 4.69) is 17.6 Å². The van der Waals surface area contributed by atoms with Crippen molar-refractivity contribution in [3.63, 3.8) is 0 Å². The quantitative estimate of drug-likeness (QED) is 0.716. The van der Waals surface area contributed by atoms with E-state index in [1.165, 1.54) is 0 Å². The number of benzene rings is 1. The third kappa shape index (κ3) is 5.84. The van der Waals surface area contributed by atoms with Gasteiger partial charge in [-0.2, -0.15) is 0 Å². The number of nitrogens with one attached hydrogen (secondary N) is 2. The van der Waals surface area contributed by atoms with E-state index in [1.807, 2.05) is 0 Å². The molecule has 0 fully saturated rings. The van der Waals surface area contributed by atoms with Gasteiger partial charge in [-0.25, -0.2) is 0 Å². The summed E-state index contributed by atoms with van der Waals surface area (Å²) < 4.78 is 5.27. The molecule has 1 aromatic carbocycles. The van der Waals surface area contributed by atoms with Crippen LogP contribution in [0.1, 0.15) is 36.5 Å². The number of carbonyl (C=O) groups is 2. The topological polar surface area (TPSA) is 67.4 Å². The molecule has 0 heterocycles. The lowest BCUT2D eigenvalue weighted by Crippen LogP contribution is -2.19. The van der Waals surface area contributed by atoms with E-state index < -0.39 is 0 Å². The van der Waals surface area contributed by atoms with Gasteiger partial charge in [0.2, 0.25) is 5.91 Å². The Hall–Kier alpha value is -1.88. The van der Waals surface area contributed by atoms with E-state index in [1.54, 1.807) is 31.3 Å². The van der Waals surface area contributed by atoms with Gasteiger partial charge < -0.3 is 15.4 Å². The van der Waals surface area contributed by atoms with Crippen molar-refractivity contribution in [1.29, 1.82) is 0 Å². The second kappa shape index (κ2) is 9.09. The summed E-state index contributed by atoms with van der Waals surface area (Å²) in [5, 5.41) is 5.26. The van der Waals surface area contributed by atoms with E-state index >= 15 is 0 Å². The third-order valence-electron chi connectivity index (χ3n) is 2.78. The maximum absolute atomic E-state index is 11.6. The van der Waals surface area contributed by atoms with E-state index in [9.17, 15) is 9.59 Å². The van der Waals surface area contributed by atoms with Gasteiger partial charge in [-0.3, -0.25) is 9.59 Å². The molecule has 0 radical (unpaired) electrons.